The van der Waals surface area contributed by atoms with Gasteiger partial charge in [0.2, 0.25) is 0 Å². The zero-order valence-corrected chi connectivity index (χ0v) is 17.2. The Morgan fingerprint density at radius 3 is 1.56 bits per heavy atom. The lowest BCUT2D eigenvalue weighted by Crippen LogP contribution is -2.10. The van der Waals surface area contributed by atoms with Crippen molar-refractivity contribution in [3.05, 3.63) is 77.5 Å². The Bertz CT molecular complexity index is 1020. The standard InChI is InChI=1S/C26H31N/c1-18-23(19-8-12-21(13-9-19)25(2,3)4)16-17-24(27-18)20-10-14-22(15-11-20)26(5,6)7/h8-17H,1-7H3/i1D3. The summed E-state index contributed by atoms with van der Waals surface area (Å²) in [5, 5.41) is 0. The summed E-state index contributed by atoms with van der Waals surface area (Å²) in [6, 6.07) is 20.1. The molecule has 0 fully saturated rings. The Hall–Kier alpha value is -2.41. The van der Waals surface area contributed by atoms with E-state index >= 15 is 0 Å². The highest BCUT2D eigenvalue weighted by atomic mass is 14.7. The topological polar surface area (TPSA) is 12.9 Å². The lowest BCUT2D eigenvalue weighted by Gasteiger charge is -2.19. The first-order valence-electron chi connectivity index (χ1n) is 11.0. The quantitative estimate of drug-likeness (QED) is 0.466. The van der Waals surface area contributed by atoms with Crippen LogP contribution >= 0.6 is 0 Å². The van der Waals surface area contributed by atoms with Gasteiger partial charge in [-0.15, -0.1) is 0 Å². The summed E-state index contributed by atoms with van der Waals surface area (Å²) in [7, 11) is 0. The van der Waals surface area contributed by atoms with Gasteiger partial charge < -0.3 is 0 Å². The zero-order chi connectivity index (χ0) is 22.3. The molecule has 1 heterocycles. The predicted octanol–water partition coefficient (Wildman–Crippen LogP) is 7.32. The zero-order valence-electron chi connectivity index (χ0n) is 20.2. The molecule has 1 aromatic heterocycles. The third kappa shape index (κ3) is 4.30. The van der Waals surface area contributed by atoms with Gasteiger partial charge in [0.15, 0.2) is 0 Å². The maximum atomic E-state index is 8.05. The SMILES string of the molecule is [2H]C([2H])([2H])c1nc(-c2ccc(C(C)(C)C)cc2)ccc1-c1ccc(C(C)(C)C)cc1. The molecular weight excluding hydrogens is 326 g/mol. The number of hydrogen-bond donors (Lipinski definition) is 0. The van der Waals surface area contributed by atoms with Gasteiger partial charge in [-0.3, -0.25) is 4.98 Å². The highest BCUT2D eigenvalue weighted by Crippen LogP contribution is 2.30. The average molecular weight is 361 g/mol. The molecule has 0 N–H and O–H groups in total. The van der Waals surface area contributed by atoms with Crippen LogP contribution in [0.3, 0.4) is 0 Å². The van der Waals surface area contributed by atoms with Gasteiger partial charge in [0, 0.05) is 20.9 Å². The normalized spacial score (nSPS) is 14.4. The van der Waals surface area contributed by atoms with Crippen LogP contribution in [0.15, 0.2) is 60.7 Å². The molecule has 0 atom stereocenters. The summed E-state index contributed by atoms with van der Waals surface area (Å²) in [5.74, 6) is 0. The second kappa shape index (κ2) is 6.96. The Labute approximate surface area is 168 Å². The fourth-order valence-electron chi connectivity index (χ4n) is 3.14. The summed E-state index contributed by atoms with van der Waals surface area (Å²) in [5.41, 5.74) is 5.83. The fourth-order valence-corrected chi connectivity index (χ4v) is 3.14. The van der Waals surface area contributed by atoms with E-state index in [9.17, 15) is 0 Å². The van der Waals surface area contributed by atoms with Crippen molar-refractivity contribution in [2.24, 2.45) is 0 Å². The summed E-state index contributed by atoms with van der Waals surface area (Å²) in [4.78, 5) is 4.59. The Kier molecular flexibility index (Phi) is 4.03. The van der Waals surface area contributed by atoms with Crippen molar-refractivity contribution >= 4 is 0 Å². The minimum Gasteiger partial charge on any atom is -0.252 e. The second-order valence-electron chi connectivity index (χ2n) is 9.25. The van der Waals surface area contributed by atoms with Gasteiger partial charge >= 0.3 is 0 Å². The first-order chi connectivity index (χ1) is 13.8. The molecule has 0 bridgehead atoms. The molecule has 0 saturated heterocycles. The highest BCUT2D eigenvalue weighted by Gasteiger charge is 2.15. The fraction of sp³-hybridized carbons (Fsp3) is 0.346. The van der Waals surface area contributed by atoms with E-state index < -0.39 is 6.85 Å². The number of hydrogen-bond acceptors (Lipinski definition) is 1. The molecular formula is C26H31N. The van der Waals surface area contributed by atoms with Crippen LogP contribution in [0.25, 0.3) is 22.4 Å². The third-order valence-electron chi connectivity index (χ3n) is 5.00. The minimum absolute atomic E-state index is 0.0483. The summed E-state index contributed by atoms with van der Waals surface area (Å²) in [6.07, 6.45) is 0. The van der Waals surface area contributed by atoms with Gasteiger partial charge in [-0.25, -0.2) is 0 Å². The summed E-state index contributed by atoms with van der Waals surface area (Å²) >= 11 is 0. The highest BCUT2D eigenvalue weighted by molar-refractivity contribution is 5.70. The van der Waals surface area contributed by atoms with Crippen molar-refractivity contribution in [3.8, 4) is 22.4 Å². The smallest absolute Gasteiger partial charge is 0.0705 e. The maximum Gasteiger partial charge on any atom is 0.0705 e. The third-order valence-corrected chi connectivity index (χ3v) is 5.00. The molecule has 0 aliphatic rings. The van der Waals surface area contributed by atoms with E-state index in [2.05, 4.69) is 70.8 Å². The van der Waals surface area contributed by atoms with Gasteiger partial charge in [-0.2, -0.15) is 0 Å². The molecule has 1 nitrogen and oxygen atoms in total. The molecule has 0 radical (unpaired) electrons. The van der Waals surface area contributed by atoms with Crippen molar-refractivity contribution in [3.63, 3.8) is 0 Å². The molecule has 1 heteroatoms. The van der Waals surface area contributed by atoms with Gasteiger partial charge in [0.25, 0.3) is 0 Å². The molecule has 0 unspecified atom stereocenters. The van der Waals surface area contributed by atoms with E-state index in [1.807, 2.05) is 36.4 Å². The minimum atomic E-state index is -2.29. The maximum absolute atomic E-state index is 8.05. The van der Waals surface area contributed by atoms with Crippen molar-refractivity contribution < 1.29 is 4.11 Å². The van der Waals surface area contributed by atoms with Gasteiger partial charge in [-0.05, 0) is 40.4 Å². The Morgan fingerprint density at radius 1 is 0.630 bits per heavy atom. The van der Waals surface area contributed by atoms with Crippen molar-refractivity contribution in [2.75, 3.05) is 0 Å². The van der Waals surface area contributed by atoms with Crippen LogP contribution in [-0.2, 0) is 10.8 Å². The van der Waals surface area contributed by atoms with E-state index in [0.29, 0.717) is 11.3 Å². The van der Waals surface area contributed by atoms with Crippen LogP contribution in [0.1, 0.15) is 62.5 Å². The Balaban J connectivity index is 2.05. The molecule has 27 heavy (non-hydrogen) atoms. The molecule has 0 aliphatic heterocycles. The van der Waals surface area contributed by atoms with Crippen molar-refractivity contribution in [1.29, 1.82) is 0 Å². The van der Waals surface area contributed by atoms with E-state index in [0.717, 1.165) is 11.1 Å². The van der Waals surface area contributed by atoms with Crippen LogP contribution in [0.4, 0.5) is 0 Å². The molecule has 0 amide bonds. The van der Waals surface area contributed by atoms with E-state index in [1.54, 1.807) is 0 Å². The van der Waals surface area contributed by atoms with Crippen LogP contribution in [-0.4, -0.2) is 4.98 Å². The van der Waals surface area contributed by atoms with Crippen LogP contribution in [0.5, 0.6) is 0 Å². The molecule has 3 rings (SSSR count). The molecule has 2 aromatic carbocycles. The van der Waals surface area contributed by atoms with Crippen molar-refractivity contribution in [1.82, 2.24) is 4.98 Å². The van der Waals surface area contributed by atoms with Crippen molar-refractivity contribution in [2.45, 2.75) is 59.2 Å². The van der Waals surface area contributed by atoms with Gasteiger partial charge in [-0.1, -0.05) is 96.1 Å². The largest absolute Gasteiger partial charge is 0.252 e. The summed E-state index contributed by atoms with van der Waals surface area (Å²) in [6.45, 7) is 10.7. The number of rotatable bonds is 2. The first kappa shape index (κ1) is 15.6. The van der Waals surface area contributed by atoms with Crippen LogP contribution < -0.4 is 0 Å². The van der Waals surface area contributed by atoms with Crippen LogP contribution in [0.2, 0.25) is 0 Å². The number of aryl methyl sites for hydroxylation is 1. The first-order valence-corrected chi connectivity index (χ1v) is 9.50. The van der Waals surface area contributed by atoms with E-state index in [1.165, 1.54) is 11.1 Å². The van der Waals surface area contributed by atoms with E-state index in [-0.39, 0.29) is 16.5 Å². The number of benzene rings is 2. The van der Waals surface area contributed by atoms with Crippen LogP contribution in [0, 0.1) is 6.85 Å². The lowest BCUT2D eigenvalue weighted by atomic mass is 9.86. The average Bonchev–Trinajstić information content (AvgIpc) is 2.66. The molecule has 140 valence electrons. The molecule has 0 aliphatic carbocycles. The number of pyridine rings is 1. The summed E-state index contributed by atoms with van der Waals surface area (Å²) < 4.78 is 24.2. The lowest BCUT2D eigenvalue weighted by molar-refractivity contribution is 0.590. The second-order valence-corrected chi connectivity index (χ2v) is 9.25. The number of nitrogens with zero attached hydrogens (tertiary/aromatic N) is 1. The van der Waals surface area contributed by atoms with Gasteiger partial charge in [0.1, 0.15) is 0 Å². The monoisotopic (exact) mass is 360 g/mol. The molecule has 3 aromatic rings. The predicted molar refractivity (Wildman–Crippen MR) is 117 cm³/mol. The number of aromatic nitrogens is 1. The molecule has 0 spiro atoms. The Morgan fingerprint density at radius 2 is 1.11 bits per heavy atom. The van der Waals surface area contributed by atoms with E-state index in [4.69, 9.17) is 4.11 Å². The van der Waals surface area contributed by atoms with Gasteiger partial charge in [0.05, 0.1) is 5.69 Å². The molecule has 0 saturated carbocycles.